The fourth-order valence-electron chi connectivity index (χ4n) is 5.17. The van der Waals surface area contributed by atoms with E-state index >= 15 is 0 Å². The van der Waals surface area contributed by atoms with Crippen LogP contribution < -0.4 is 4.90 Å². The van der Waals surface area contributed by atoms with Crippen molar-refractivity contribution in [3.63, 3.8) is 0 Å². The molecule has 0 saturated carbocycles. The van der Waals surface area contributed by atoms with Crippen LogP contribution in [0.5, 0.6) is 0 Å². The number of thiazole rings is 1. The molecule has 2 saturated heterocycles. The summed E-state index contributed by atoms with van der Waals surface area (Å²) < 4.78 is 45.1. The summed E-state index contributed by atoms with van der Waals surface area (Å²) in [5.74, 6) is 0. The number of fused-ring (bicyclic) bond motifs is 1. The number of hydrogen-bond donors (Lipinski definition) is 0. The van der Waals surface area contributed by atoms with Gasteiger partial charge in [0.25, 0.3) is 0 Å². The van der Waals surface area contributed by atoms with Gasteiger partial charge in [-0.1, -0.05) is 41.7 Å². The third kappa shape index (κ3) is 5.82. The molecule has 0 spiro atoms. The molecule has 2 aliphatic heterocycles. The van der Waals surface area contributed by atoms with Gasteiger partial charge in [0.15, 0.2) is 5.13 Å². The molecule has 0 unspecified atom stereocenters. The van der Waals surface area contributed by atoms with Gasteiger partial charge in [-0.25, -0.2) is 14.8 Å². The van der Waals surface area contributed by atoms with Crippen LogP contribution in [0.2, 0.25) is 0 Å². The highest BCUT2D eigenvalue weighted by Crippen LogP contribution is 2.35. The first-order valence-corrected chi connectivity index (χ1v) is 13.3. The summed E-state index contributed by atoms with van der Waals surface area (Å²) in [6, 6.07) is 11.1. The minimum absolute atomic E-state index is 0.102. The van der Waals surface area contributed by atoms with Crippen LogP contribution in [0.25, 0.3) is 10.3 Å². The average Bonchev–Trinajstić information content (AvgIpc) is 3.29. The van der Waals surface area contributed by atoms with Crippen molar-refractivity contribution in [1.82, 2.24) is 19.8 Å². The van der Waals surface area contributed by atoms with Gasteiger partial charge < -0.3 is 9.64 Å². The van der Waals surface area contributed by atoms with Crippen LogP contribution in [0.1, 0.15) is 37.8 Å². The van der Waals surface area contributed by atoms with E-state index in [0.29, 0.717) is 23.1 Å². The topological polar surface area (TPSA) is 61.8 Å². The lowest BCUT2D eigenvalue weighted by atomic mass is 10.1. The maximum Gasteiger partial charge on any atom is 0.417 e. The number of alkyl halides is 3. The second-order valence-corrected chi connectivity index (χ2v) is 10.9. The number of aromatic nitrogens is 2. The number of amides is 1. The number of halogens is 3. The van der Waals surface area contributed by atoms with Crippen LogP contribution in [0.3, 0.4) is 0 Å². The Balaban J connectivity index is 1.16. The van der Waals surface area contributed by atoms with Gasteiger partial charge in [0.2, 0.25) is 0 Å². The molecular formula is C26H30F3N5O2S. The molecule has 0 N–H and O–H groups in total. The normalized spacial score (nSPS) is 22.0. The van der Waals surface area contributed by atoms with E-state index in [1.165, 1.54) is 16.9 Å². The Bertz CT molecular complexity index is 1220. The van der Waals surface area contributed by atoms with Crippen LogP contribution in [-0.2, 0) is 17.5 Å². The van der Waals surface area contributed by atoms with Gasteiger partial charge in [-0.05, 0) is 38.3 Å². The second-order valence-electron chi connectivity index (χ2n) is 9.90. The maximum absolute atomic E-state index is 13.1. The van der Waals surface area contributed by atoms with Crippen molar-refractivity contribution in [2.24, 2.45) is 0 Å². The molecule has 0 bridgehead atoms. The van der Waals surface area contributed by atoms with Gasteiger partial charge in [0.05, 0.1) is 17.6 Å². The van der Waals surface area contributed by atoms with Crippen molar-refractivity contribution < 1.29 is 22.7 Å². The number of carbonyl (C=O) groups is 1. The number of anilines is 1. The number of carbonyl (C=O) groups excluding carboxylic acids is 1. The number of pyridine rings is 1. The van der Waals surface area contributed by atoms with Gasteiger partial charge in [0, 0.05) is 38.9 Å². The minimum atomic E-state index is -4.46. The highest BCUT2D eigenvalue weighted by atomic mass is 32.1. The Morgan fingerprint density at radius 1 is 1.11 bits per heavy atom. The zero-order chi connectivity index (χ0) is 26.2. The summed E-state index contributed by atoms with van der Waals surface area (Å²) in [5, 5.41) is 0.610. The van der Waals surface area contributed by atoms with E-state index in [4.69, 9.17) is 4.74 Å². The SMILES string of the molecule is C[C@@H]1CN(c2nc3cc(C(F)(F)F)cnc3s2)C[C@@H](C)N1C(=O)OC1CCN(Cc2ccccc2)CC1. The summed E-state index contributed by atoms with van der Waals surface area (Å²) >= 11 is 1.26. The standard InChI is InChI=1S/C26H30F3N5O2S/c1-17-14-33(24-31-22-12-20(26(27,28)29)13-30-23(22)37-24)15-18(2)34(17)25(35)36-21-8-10-32(11-9-21)16-19-6-4-3-5-7-19/h3-7,12-13,17-18,21H,8-11,14-16H2,1-2H3/t17-,18-/m1/s1. The summed E-state index contributed by atoms with van der Waals surface area (Å²) in [6.45, 7) is 7.61. The fraction of sp³-hybridized carbons (Fsp3) is 0.500. The van der Waals surface area contributed by atoms with E-state index in [1.54, 1.807) is 4.90 Å². The summed E-state index contributed by atoms with van der Waals surface area (Å²) in [6.07, 6.45) is -2.41. The number of benzene rings is 1. The lowest BCUT2D eigenvalue weighted by Crippen LogP contribution is -2.59. The zero-order valence-electron chi connectivity index (χ0n) is 20.8. The van der Waals surface area contributed by atoms with Gasteiger partial charge in [-0.3, -0.25) is 9.80 Å². The second kappa shape index (κ2) is 10.4. The average molecular weight is 534 g/mol. The van der Waals surface area contributed by atoms with Crippen LogP contribution in [0.15, 0.2) is 42.6 Å². The molecular weight excluding hydrogens is 503 g/mol. The van der Waals surface area contributed by atoms with Crippen molar-refractivity contribution in [2.45, 2.75) is 57.6 Å². The Morgan fingerprint density at radius 2 is 1.78 bits per heavy atom. The maximum atomic E-state index is 13.1. The molecule has 3 aromatic rings. The molecule has 2 aromatic heterocycles. The predicted molar refractivity (Wildman–Crippen MR) is 137 cm³/mol. The van der Waals surface area contributed by atoms with Crippen LogP contribution >= 0.6 is 11.3 Å². The molecule has 4 heterocycles. The smallest absolute Gasteiger partial charge is 0.417 e. The first kappa shape index (κ1) is 25.7. The summed E-state index contributed by atoms with van der Waals surface area (Å²) in [5.41, 5.74) is 0.704. The molecule has 7 nitrogen and oxygen atoms in total. The minimum Gasteiger partial charge on any atom is -0.446 e. The number of nitrogens with zero attached hydrogens (tertiary/aromatic N) is 5. The summed E-state index contributed by atoms with van der Waals surface area (Å²) in [4.78, 5) is 28.1. The van der Waals surface area contributed by atoms with E-state index < -0.39 is 11.7 Å². The molecule has 11 heteroatoms. The van der Waals surface area contributed by atoms with Crippen molar-refractivity contribution in [1.29, 1.82) is 0 Å². The van der Waals surface area contributed by atoms with Crippen molar-refractivity contribution >= 4 is 32.9 Å². The monoisotopic (exact) mass is 533 g/mol. The van der Waals surface area contributed by atoms with E-state index in [0.717, 1.165) is 44.7 Å². The predicted octanol–water partition coefficient (Wildman–Crippen LogP) is 5.41. The van der Waals surface area contributed by atoms with Crippen molar-refractivity contribution in [3.05, 3.63) is 53.7 Å². The quantitative estimate of drug-likeness (QED) is 0.447. The molecule has 5 rings (SSSR count). The number of likely N-dealkylation sites (tertiary alicyclic amines) is 1. The Labute approximate surface area is 217 Å². The number of ether oxygens (including phenoxy) is 1. The number of rotatable bonds is 4. The zero-order valence-corrected chi connectivity index (χ0v) is 21.6. The highest BCUT2D eigenvalue weighted by molar-refractivity contribution is 7.21. The van der Waals surface area contributed by atoms with Gasteiger partial charge >= 0.3 is 12.3 Å². The van der Waals surface area contributed by atoms with Gasteiger partial charge in [-0.15, -0.1) is 0 Å². The highest BCUT2D eigenvalue weighted by Gasteiger charge is 2.37. The molecule has 37 heavy (non-hydrogen) atoms. The molecule has 2 aliphatic rings. The van der Waals surface area contributed by atoms with Crippen LogP contribution in [-0.4, -0.2) is 70.2 Å². The van der Waals surface area contributed by atoms with E-state index in [-0.39, 0.29) is 29.8 Å². The largest absolute Gasteiger partial charge is 0.446 e. The first-order chi connectivity index (χ1) is 17.7. The Morgan fingerprint density at radius 3 is 2.43 bits per heavy atom. The molecule has 0 radical (unpaired) electrons. The number of piperidine rings is 1. The Kier molecular flexibility index (Phi) is 7.26. The summed E-state index contributed by atoms with van der Waals surface area (Å²) in [7, 11) is 0. The number of piperazine rings is 1. The molecule has 0 aliphatic carbocycles. The molecule has 1 aromatic carbocycles. The lowest BCUT2D eigenvalue weighted by molar-refractivity contribution is -0.137. The molecule has 2 fully saturated rings. The molecule has 1 amide bonds. The van der Waals surface area contributed by atoms with Crippen molar-refractivity contribution in [2.75, 3.05) is 31.1 Å². The van der Waals surface area contributed by atoms with E-state index in [9.17, 15) is 18.0 Å². The van der Waals surface area contributed by atoms with E-state index in [2.05, 4.69) is 27.0 Å². The third-order valence-corrected chi connectivity index (χ3v) is 8.05. The fourth-order valence-corrected chi connectivity index (χ4v) is 6.08. The third-order valence-electron chi connectivity index (χ3n) is 7.02. The number of hydrogen-bond acceptors (Lipinski definition) is 7. The van der Waals surface area contributed by atoms with Gasteiger partial charge in [-0.2, -0.15) is 13.2 Å². The van der Waals surface area contributed by atoms with Crippen LogP contribution in [0, 0.1) is 0 Å². The molecule has 198 valence electrons. The first-order valence-electron chi connectivity index (χ1n) is 12.5. The molecule has 2 atom stereocenters. The van der Waals surface area contributed by atoms with Crippen LogP contribution in [0.4, 0.5) is 23.1 Å². The lowest BCUT2D eigenvalue weighted by Gasteiger charge is -2.44. The van der Waals surface area contributed by atoms with E-state index in [1.807, 2.05) is 36.9 Å². The van der Waals surface area contributed by atoms with Gasteiger partial charge in [0.1, 0.15) is 16.5 Å². The van der Waals surface area contributed by atoms with Crippen molar-refractivity contribution in [3.8, 4) is 0 Å². The Hall–Kier alpha value is -2.92.